The highest BCUT2D eigenvalue weighted by Gasteiger charge is 2.14. The van der Waals surface area contributed by atoms with E-state index in [1.807, 2.05) is 44.4 Å². The third kappa shape index (κ3) is 4.80. The number of likely N-dealkylation sites (N-methyl/N-ethyl adjacent to an activating group) is 1. The number of nitrogens with one attached hydrogen (secondary N) is 1. The molecule has 0 aliphatic rings. The van der Waals surface area contributed by atoms with E-state index in [0.29, 0.717) is 6.54 Å². The molecule has 1 heterocycles. The first kappa shape index (κ1) is 16.9. The molecule has 22 heavy (non-hydrogen) atoms. The molecule has 0 fully saturated rings. The molecule has 3 nitrogen and oxygen atoms in total. The second-order valence-electron chi connectivity index (χ2n) is 5.14. The van der Waals surface area contributed by atoms with Gasteiger partial charge >= 0.3 is 0 Å². The summed E-state index contributed by atoms with van der Waals surface area (Å²) in [4.78, 5) is 14.1. The van der Waals surface area contributed by atoms with Gasteiger partial charge in [0.1, 0.15) is 0 Å². The molecule has 2 aromatic rings. The lowest BCUT2D eigenvalue weighted by Crippen LogP contribution is -2.33. The van der Waals surface area contributed by atoms with Crippen molar-refractivity contribution in [3.05, 3.63) is 62.8 Å². The molecule has 2 rings (SSSR count). The summed E-state index contributed by atoms with van der Waals surface area (Å²) in [6.45, 7) is 0.586. The number of hydrogen-bond acceptors (Lipinski definition) is 3. The molecule has 116 valence electrons. The van der Waals surface area contributed by atoms with Crippen molar-refractivity contribution >= 4 is 39.2 Å². The molecule has 1 N–H and O–H groups in total. The highest BCUT2D eigenvalue weighted by molar-refractivity contribution is 9.10. The maximum atomic E-state index is 12.0. The van der Waals surface area contributed by atoms with E-state index in [2.05, 4.69) is 43.0 Å². The highest BCUT2D eigenvalue weighted by atomic mass is 79.9. The Bertz CT molecular complexity index is 638. The predicted molar refractivity (Wildman–Crippen MR) is 96.9 cm³/mol. The number of amides is 1. The normalized spacial score (nSPS) is 12.7. The Morgan fingerprint density at radius 3 is 2.77 bits per heavy atom. The minimum atomic E-state index is -0.0853. The van der Waals surface area contributed by atoms with Crippen LogP contribution in [0.2, 0.25) is 0 Å². The molecule has 1 amide bonds. The lowest BCUT2D eigenvalue weighted by atomic mass is 10.1. The third-order valence-electron chi connectivity index (χ3n) is 3.34. The lowest BCUT2D eigenvalue weighted by Gasteiger charge is -2.23. The fraction of sp³-hybridized carbons (Fsp3) is 0.235. The van der Waals surface area contributed by atoms with Crippen LogP contribution in [0.4, 0.5) is 0 Å². The molecule has 1 aromatic carbocycles. The first-order chi connectivity index (χ1) is 10.6. The van der Waals surface area contributed by atoms with Crippen LogP contribution in [0.5, 0.6) is 0 Å². The molecular formula is C17H19BrN2OS. The highest BCUT2D eigenvalue weighted by Crippen LogP contribution is 2.20. The van der Waals surface area contributed by atoms with Crippen molar-refractivity contribution < 1.29 is 4.79 Å². The zero-order valence-electron chi connectivity index (χ0n) is 12.6. The van der Waals surface area contributed by atoms with E-state index >= 15 is 0 Å². The number of benzene rings is 1. The topological polar surface area (TPSA) is 32.3 Å². The Kier molecular flexibility index (Phi) is 6.36. The van der Waals surface area contributed by atoms with Gasteiger partial charge in [0.25, 0.3) is 0 Å². The van der Waals surface area contributed by atoms with Crippen LogP contribution in [0.1, 0.15) is 17.2 Å². The molecular weight excluding hydrogens is 360 g/mol. The Morgan fingerprint density at radius 1 is 1.36 bits per heavy atom. The largest absolute Gasteiger partial charge is 0.351 e. The van der Waals surface area contributed by atoms with Gasteiger partial charge in [0, 0.05) is 17.1 Å². The molecule has 0 bridgehead atoms. The molecule has 1 aromatic heterocycles. The fourth-order valence-electron chi connectivity index (χ4n) is 2.10. The van der Waals surface area contributed by atoms with Crippen molar-refractivity contribution in [2.45, 2.75) is 6.04 Å². The number of halogens is 1. The van der Waals surface area contributed by atoms with Gasteiger partial charge in [-0.15, -0.1) is 0 Å². The Hall–Kier alpha value is -1.43. The minimum absolute atomic E-state index is 0.0853. The number of nitrogens with zero attached hydrogens (tertiary/aromatic N) is 1. The lowest BCUT2D eigenvalue weighted by molar-refractivity contribution is -0.116. The maximum absolute atomic E-state index is 12.0. The van der Waals surface area contributed by atoms with Gasteiger partial charge in [-0.1, -0.05) is 34.1 Å². The SMILES string of the molecule is CN(C)[C@H](CNC(=O)/C=C/c1ccccc1Br)c1ccsc1. The van der Waals surface area contributed by atoms with Crippen LogP contribution in [0.3, 0.4) is 0 Å². The van der Waals surface area contributed by atoms with Crippen molar-refractivity contribution in [2.75, 3.05) is 20.6 Å². The smallest absolute Gasteiger partial charge is 0.244 e. The molecule has 5 heteroatoms. The molecule has 0 spiro atoms. The Balaban J connectivity index is 1.93. The van der Waals surface area contributed by atoms with E-state index in [4.69, 9.17) is 0 Å². The molecule has 0 saturated heterocycles. The van der Waals surface area contributed by atoms with Crippen LogP contribution in [0.25, 0.3) is 6.08 Å². The Morgan fingerprint density at radius 2 is 2.14 bits per heavy atom. The van der Waals surface area contributed by atoms with Gasteiger partial charge in [0.15, 0.2) is 0 Å². The van der Waals surface area contributed by atoms with Crippen LogP contribution in [0, 0.1) is 0 Å². The van der Waals surface area contributed by atoms with E-state index in [1.54, 1.807) is 17.4 Å². The standard InChI is InChI=1S/C17H19BrN2OS/c1-20(2)16(14-9-10-22-12-14)11-19-17(21)8-7-13-5-3-4-6-15(13)18/h3-10,12,16H,11H2,1-2H3,(H,19,21)/b8-7+/t16-/m1/s1. The zero-order chi connectivity index (χ0) is 15.9. The van der Waals surface area contributed by atoms with E-state index < -0.39 is 0 Å². The first-order valence-corrected chi connectivity index (χ1v) is 8.70. The van der Waals surface area contributed by atoms with Gasteiger partial charge < -0.3 is 10.2 Å². The summed E-state index contributed by atoms with van der Waals surface area (Å²) in [6.07, 6.45) is 3.38. The average Bonchev–Trinajstić information content (AvgIpc) is 3.00. The first-order valence-electron chi connectivity index (χ1n) is 6.97. The molecule has 0 radical (unpaired) electrons. The van der Waals surface area contributed by atoms with E-state index in [1.165, 1.54) is 5.56 Å². The molecule has 0 aliphatic heterocycles. The molecule has 0 saturated carbocycles. The van der Waals surface area contributed by atoms with Crippen molar-refractivity contribution in [1.29, 1.82) is 0 Å². The van der Waals surface area contributed by atoms with Crippen LogP contribution < -0.4 is 5.32 Å². The van der Waals surface area contributed by atoms with Gasteiger partial charge in [-0.3, -0.25) is 4.79 Å². The zero-order valence-corrected chi connectivity index (χ0v) is 15.0. The summed E-state index contributed by atoms with van der Waals surface area (Å²) in [5, 5.41) is 7.14. The predicted octanol–water partition coefficient (Wildman–Crippen LogP) is 3.94. The van der Waals surface area contributed by atoms with Crippen molar-refractivity contribution in [3.8, 4) is 0 Å². The molecule has 0 aliphatic carbocycles. The summed E-state index contributed by atoms with van der Waals surface area (Å²) in [5.41, 5.74) is 2.21. The van der Waals surface area contributed by atoms with Crippen molar-refractivity contribution in [3.63, 3.8) is 0 Å². The van der Waals surface area contributed by atoms with Crippen LogP contribution in [-0.4, -0.2) is 31.4 Å². The number of carbonyl (C=O) groups is 1. The summed E-state index contributed by atoms with van der Waals surface area (Å²) in [7, 11) is 4.04. The van der Waals surface area contributed by atoms with Crippen LogP contribution in [-0.2, 0) is 4.79 Å². The summed E-state index contributed by atoms with van der Waals surface area (Å²) < 4.78 is 0.975. The molecule has 0 unspecified atom stereocenters. The Labute approximate surface area is 143 Å². The average molecular weight is 379 g/mol. The van der Waals surface area contributed by atoms with Crippen molar-refractivity contribution in [1.82, 2.24) is 10.2 Å². The van der Waals surface area contributed by atoms with Gasteiger partial charge in [0.2, 0.25) is 5.91 Å². The van der Waals surface area contributed by atoms with Gasteiger partial charge in [0.05, 0.1) is 6.04 Å². The van der Waals surface area contributed by atoms with Gasteiger partial charge in [-0.2, -0.15) is 11.3 Å². The third-order valence-corrected chi connectivity index (χ3v) is 4.76. The van der Waals surface area contributed by atoms with Crippen LogP contribution in [0.15, 0.2) is 51.6 Å². The number of hydrogen-bond donors (Lipinski definition) is 1. The summed E-state index contributed by atoms with van der Waals surface area (Å²) >= 11 is 5.14. The minimum Gasteiger partial charge on any atom is -0.351 e. The second kappa shape index (κ2) is 8.27. The monoisotopic (exact) mass is 378 g/mol. The summed E-state index contributed by atoms with van der Waals surface area (Å²) in [6, 6.07) is 10.1. The van der Waals surface area contributed by atoms with E-state index in [-0.39, 0.29) is 11.9 Å². The van der Waals surface area contributed by atoms with E-state index in [9.17, 15) is 4.79 Å². The van der Waals surface area contributed by atoms with E-state index in [0.717, 1.165) is 10.0 Å². The van der Waals surface area contributed by atoms with Gasteiger partial charge in [-0.25, -0.2) is 0 Å². The molecule has 1 atom stereocenters. The number of rotatable bonds is 6. The number of carbonyl (C=O) groups excluding carboxylic acids is 1. The van der Waals surface area contributed by atoms with Crippen molar-refractivity contribution in [2.24, 2.45) is 0 Å². The number of thiophene rings is 1. The second-order valence-corrected chi connectivity index (χ2v) is 6.77. The fourth-order valence-corrected chi connectivity index (χ4v) is 3.22. The van der Waals surface area contributed by atoms with Gasteiger partial charge in [-0.05, 0) is 54.2 Å². The quantitative estimate of drug-likeness (QED) is 0.771. The summed E-state index contributed by atoms with van der Waals surface area (Å²) in [5.74, 6) is -0.0853. The van der Waals surface area contributed by atoms with Crippen LogP contribution >= 0.6 is 27.3 Å². The maximum Gasteiger partial charge on any atom is 0.244 e.